The molecule has 0 radical (unpaired) electrons. The topological polar surface area (TPSA) is 104 Å². The van der Waals surface area contributed by atoms with E-state index in [1.54, 1.807) is 0 Å². The molecule has 2 amide bonds. The molecule has 5 aromatic rings. The number of nitrogens with one attached hydrogen (secondary N) is 4. The molecule has 1 aliphatic heterocycles. The number of methoxy groups -OCH3 is 1. The summed E-state index contributed by atoms with van der Waals surface area (Å²) in [4.78, 5) is 30.0. The molecule has 8 nitrogen and oxygen atoms in total. The number of morpholine rings is 1. The van der Waals surface area contributed by atoms with Crippen molar-refractivity contribution in [1.82, 2.24) is 15.6 Å². The van der Waals surface area contributed by atoms with Gasteiger partial charge in [-0.25, -0.2) is 4.79 Å². The molecule has 46 heavy (non-hydrogen) atoms. The molecule has 0 aliphatic carbocycles. The number of rotatable bonds is 10. The third-order valence-corrected chi connectivity index (χ3v) is 8.83. The van der Waals surface area contributed by atoms with Gasteiger partial charge in [0.1, 0.15) is 6.04 Å². The molecule has 1 saturated heterocycles. The highest BCUT2D eigenvalue weighted by atomic mass is 35.5. The molecule has 6 rings (SSSR count). The summed E-state index contributed by atoms with van der Waals surface area (Å²) in [5, 5.41) is 11.3. The van der Waals surface area contributed by atoms with Crippen molar-refractivity contribution in [3.63, 3.8) is 0 Å². The summed E-state index contributed by atoms with van der Waals surface area (Å²) in [7, 11) is 1.29. The number of aromatic nitrogens is 1. The predicted molar refractivity (Wildman–Crippen MR) is 181 cm³/mol. The number of carbonyl (C=O) groups excluding carboxylic acids is 2. The van der Waals surface area contributed by atoms with E-state index in [9.17, 15) is 9.59 Å². The molecule has 0 unspecified atom stereocenters. The lowest BCUT2D eigenvalue weighted by atomic mass is 9.84. The molecule has 3 atom stereocenters. The smallest absolute Gasteiger partial charge is 0.407 e. The van der Waals surface area contributed by atoms with Crippen LogP contribution in [0.15, 0.2) is 109 Å². The van der Waals surface area contributed by atoms with Gasteiger partial charge < -0.3 is 30.4 Å². The van der Waals surface area contributed by atoms with E-state index in [-0.39, 0.29) is 18.1 Å². The summed E-state index contributed by atoms with van der Waals surface area (Å²) >= 11 is 6.37. The average Bonchev–Trinajstić information content (AvgIpc) is 3.54. The van der Waals surface area contributed by atoms with Crippen LogP contribution in [-0.2, 0) is 20.7 Å². The maximum atomic E-state index is 14.0. The number of para-hydroxylation sites is 1. The van der Waals surface area contributed by atoms with Gasteiger partial charge in [-0.05, 0) is 53.8 Å². The number of aromatic amines is 1. The van der Waals surface area contributed by atoms with Crippen LogP contribution in [0.25, 0.3) is 10.9 Å². The van der Waals surface area contributed by atoms with Crippen LogP contribution in [-0.4, -0.2) is 49.4 Å². The first kappa shape index (κ1) is 31.4. The minimum atomic E-state index is -0.937. The predicted octanol–water partition coefficient (Wildman–Crippen LogP) is 6.98. The number of halogens is 1. The number of carbonyl (C=O) groups is 2. The van der Waals surface area contributed by atoms with Gasteiger partial charge in [0, 0.05) is 39.8 Å². The summed E-state index contributed by atoms with van der Waals surface area (Å²) in [6.45, 7) is 1.23. The van der Waals surface area contributed by atoms with Gasteiger partial charge in [-0.1, -0.05) is 96.5 Å². The van der Waals surface area contributed by atoms with Crippen molar-refractivity contribution in [2.45, 2.75) is 36.9 Å². The van der Waals surface area contributed by atoms with Gasteiger partial charge in [-0.15, -0.1) is 0 Å². The van der Waals surface area contributed by atoms with Crippen LogP contribution >= 0.6 is 11.6 Å². The van der Waals surface area contributed by atoms with E-state index in [0.29, 0.717) is 25.3 Å². The van der Waals surface area contributed by atoms with Crippen molar-refractivity contribution in [1.29, 1.82) is 0 Å². The molecule has 1 aliphatic rings. The lowest BCUT2D eigenvalue weighted by Gasteiger charge is -2.30. The molecule has 0 saturated carbocycles. The van der Waals surface area contributed by atoms with Gasteiger partial charge in [0.25, 0.3) is 0 Å². The zero-order chi connectivity index (χ0) is 31.9. The third kappa shape index (κ3) is 7.26. The number of alkyl carbamates (subject to hydrolysis) is 1. The van der Waals surface area contributed by atoms with Gasteiger partial charge in [-0.3, -0.25) is 4.79 Å². The zero-order valence-corrected chi connectivity index (χ0v) is 26.3. The van der Waals surface area contributed by atoms with Gasteiger partial charge in [-0.2, -0.15) is 0 Å². The molecule has 0 spiro atoms. The molecule has 2 heterocycles. The Bertz CT molecular complexity index is 1730. The second-order valence-electron chi connectivity index (χ2n) is 11.4. The maximum absolute atomic E-state index is 14.0. The second kappa shape index (κ2) is 14.6. The quantitative estimate of drug-likeness (QED) is 0.132. The van der Waals surface area contributed by atoms with E-state index in [2.05, 4.69) is 27.0 Å². The summed E-state index contributed by atoms with van der Waals surface area (Å²) in [6, 6.07) is 34.2. The molecule has 0 bridgehead atoms. The largest absolute Gasteiger partial charge is 0.453 e. The molecule has 1 aromatic heterocycles. The van der Waals surface area contributed by atoms with Crippen LogP contribution in [0, 0.1) is 0 Å². The second-order valence-corrected chi connectivity index (χ2v) is 11.8. The monoisotopic (exact) mass is 636 g/mol. The molecule has 1 fully saturated rings. The first-order chi connectivity index (χ1) is 22.5. The fourth-order valence-electron chi connectivity index (χ4n) is 6.11. The Kier molecular flexibility index (Phi) is 9.98. The number of hydrogen-bond acceptors (Lipinski definition) is 5. The van der Waals surface area contributed by atoms with Gasteiger partial charge in [0.15, 0.2) is 0 Å². The highest BCUT2D eigenvalue weighted by Gasteiger charge is 2.33. The normalized spacial score (nSPS) is 17.0. The summed E-state index contributed by atoms with van der Waals surface area (Å²) in [5.74, 6) is -0.788. The minimum Gasteiger partial charge on any atom is -0.453 e. The number of anilines is 1. The van der Waals surface area contributed by atoms with Crippen LogP contribution in [0.2, 0.25) is 5.02 Å². The minimum absolute atomic E-state index is 0.0160. The Hall–Kier alpha value is -4.63. The summed E-state index contributed by atoms with van der Waals surface area (Å²) < 4.78 is 11.2. The number of ether oxygens (including phenoxy) is 2. The van der Waals surface area contributed by atoms with Crippen LogP contribution in [0.3, 0.4) is 0 Å². The number of fused-ring (bicyclic) bond motifs is 1. The lowest BCUT2D eigenvalue weighted by Crippen LogP contribution is -2.48. The fraction of sp³-hybridized carbons (Fsp3) is 0.243. The molecular weight excluding hydrogens is 600 g/mol. The van der Waals surface area contributed by atoms with E-state index in [1.165, 1.54) is 7.11 Å². The molecule has 4 N–H and O–H groups in total. The number of amides is 2. The number of H-pyrrole nitrogens is 1. The first-order valence-corrected chi connectivity index (χ1v) is 15.8. The van der Waals surface area contributed by atoms with Gasteiger partial charge >= 0.3 is 6.09 Å². The van der Waals surface area contributed by atoms with Crippen molar-refractivity contribution in [2.24, 2.45) is 0 Å². The molecular formula is C37H37ClN4O4. The Balaban J connectivity index is 1.14. The SMILES string of the molecule is COC(=O)N[C@H](C(=O)Nc1ccccc1CC[C@@H]1CN[C@H](c2cc3c(Cl)cccc3[nH]2)CO1)C(c1ccccc1)c1ccccc1. The van der Waals surface area contributed by atoms with Crippen LogP contribution < -0.4 is 16.0 Å². The van der Waals surface area contributed by atoms with E-state index in [4.69, 9.17) is 21.1 Å². The van der Waals surface area contributed by atoms with E-state index >= 15 is 0 Å². The van der Waals surface area contributed by atoms with Crippen LogP contribution in [0.5, 0.6) is 0 Å². The van der Waals surface area contributed by atoms with E-state index in [1.807, 2.05) is 103 Å². The highest BCUT2D eigenvalue weighted by molar-refractivity contribution is 6.35. The van der Waals surface area contributed by atoms with Crippen LogP contribution in [0.4, 0.5) is 10.5 Å². The third-order valence-electron chi connectivity index (χ3n) is 8.50. The molecule has 4 aromatic carbocycles. The molecule has 236 valence electrons. The summed E-state index contributed by atoms with van der Waals surface area (Å²) in [5.41, 5.74) is 5.53. The van der Waals surface area contributed by atoms with E-state index in [0.717, 1.165) is 44.7 Å². The number of hydrogen-bond donors (Lipinski definition) is 4. The van der Waals surface area contributed by atoms with Crippen molar-refractivity contribution in [3.8, 4) is 0 Å². The summed E-state index contributed by atoms with van der Waals surface area (Å²) in [6.07, 6.45) is 0.806. The lowest BCUT2D eigenvalue weighted by molar-refractivity contribution is -0.118. The Morgan fingerprint density at radius 1 is 0.935 bits per heavy atom. The standard InChI is InChI=1S/C37H37ClN4O4/c1-45-37(44)42-35(34(25-12-4-2-5-13-25)26-14-6-3-7-15-26)36(43)41-30-17-9-8-11-24(30)19-20-27-22-39-33(23-46-27)32-21-28-29(38)16-10-18-31(28)40-32/h2-18,21,27,33-35,39-40H,19-20,22-23H2,1H3,(H,41,43)(H,42,44)/t27-,33+,35+/m1/s1. The Morgan fingerprint density at radius 2 is 1.63 bits per heavy atom. The van der Waals surface area contributed by atoms with Crippen molar-refractivity contribution < 1.29 is 19.1 Å². The van der Waals surface area contributed by atoms with Crippen molar-refractivity contribution in [3.05, 3.63) is 137 Å². The zero-order valence-electron chi connectivity index (χ0n) is 25.5. The molecule has 9 heteroatoms. The maximum Gasteiger partial charge on any atom is 0.407 e. The van der Waals surface area contributed by atoms with Crippen LogP contribution in [0.1, 0.15) is 40.8 Å². The Morgan fingerprint density at radius 3 is 2.28 bits per heavy atom. The number of aryl methyl sites for hydroxylation is 1. The fourth-order valence-corrected chi connectivity index (χ4v) is 6.34. The van der Waals surface area contributed by atoms with Gasteiger partial charge in [0.05, 0.1) is 25.9 Å². The first-order valence-electron chi connectivity index (χ1n) is 15.5. The van der Waals surface area contributed by atoms with Crippen molar-refractivity contribution >= 4 is 40.2 Å². The Labute approximate surface area is 273 Å². The van der Waals surface area contributed by atoms with Gasteiger partial charge in [0.2, 0.25) is 5.91 Å². The highest BCUT2D eigenvalue weighted by Crippen LogP contribution is 2.31. The average molecular weight is 637 g/mol. The van der Waals surface area contributed by atoms with E-state index < -0.39 is 18.1 Å². The van der Waals surface area contributed by atoms with Crippen molar-refractivity contribution in [2.75, 3.05) is 25.6 Å². The number of benzene rings is 4.